The van der Waals surface area contributed by atoms with E-state index in [1.54, 1.807) is 0 Å². The standard InChI is InChI=1S/C11H7ClF3NO2S/c12-8-3-5-9(6-4-8)16-7-1-2-10(16)19(17,18)11(13,14)15/h1-7H. The van der Waals surface area contributed by atoms with Crippen LogP contribution in [0.4, 0.5) is 13.2 Å². The smallest absolute Gasteiger partial charge is 0.307 e. The molecule has 1 aromatic heterocycles. The first-order valence-electron chi connectivity index (χ1n) is 4.98. The maximum atomic E-state index is 12.5. The van der Waals surface area contributed by atoms with Gasteiger partial charge in [0.2, 0.25) is 0 Å². The van der Waals surface area contributed by atoms with E-state index in [0.717, 1.165) is 10.6 Å². The van der Waals surface area contributed by atoms with E-state index in [0.29, 0.717) is 5.02 Å². The highest BCUT2D eigenvalue weighted by atomic mass is 35.5. The molecule has 0 aliphatic rings. The SMILES string of the molecule is O=S(=O)(c1cccn1-c1ccc(Cl)cc1)C(F)(F)F. The summed E-state index contributed by atoms with van der Waals surface area (Å²) in [6.07, 6.45) is 1.24. The van der Waals surface area contributed by atoms with E-state index in [-0.39, 0.29) is 5.69 Å². The van der Waals surface area contributed by atoms with E-state index in [1.807, 2.05) is 0 Å². The first-order chi connectivity index (χ1) is 8.73. The van der Waals surface area contributed by atoms with Crippen molar-refractivity contribution in [1.29, 1.82) is 0 Å². The van der Waals surface area contributed by atoms with Crippen molar-refractivity contribution in [2.45, 2.75) is 10.5 Å². The number of halogens is 4. The second-order valence-corrected chi connectivity index (χ2v) is 5.97. The van der Waals surface area contributed by atoms with Crippen molar-refractivity contribution in [2.75, 3.05) is 0 Å². The Kier molecular flexibility index (Phi) is 3.36. The topological polar surface area (TPSA) is 39.1 Å². The largest absolute Gasteiger partial charge is 0.503 e. The third-order valence-electron chi connectivity index (χ3n) is 2.40. The summed E-state index contributed by atoms with van der Waals surface area (Å²) in [5.41, 5.74) is -5.06. The van der Waals surface area contributed by atoms with E-state index in [9.17, 15) is 21.6 Å². The van der Waals surface area contributed by atoms with Crippen LogP contribution in [0.1, 0.15) is 0 Å². The Balaban J connectivity index is 2.59. The molecule has 1 heterocycles. The highest BCUT2D eigenvalue weighted by molar-refractivity contribution is 7.92. The Morgan fingerprint density at radius 2 is 1.63 bits per heavy atom. The maximum Gasteiger partial charge on any atom is 0.503 e. The summed E-state index contributed by atoms with van der Waals surface area (Å²) in [5, 5.41) is -0.432. The zero-order chi connectivity index (χ0) is 14.3. The third-order valence-corrected chi connectivity index (χ3v) is 4.14. The van der Waals surface area contributed by atoms with E-state index in [4.69, 9.17) is 11.6 Å². The van der Waals surface area contributed by atoms with Crippen LogP contribution in [0.25, 0.3) is 5.69 Å². The Bertz CT molecular complexity index is 689. The summed E-state index contributed by atoms with van der Waals surface area (Å²) < 4.78 is 61.4. The molecule has 1 aromatic carbocycles. The molecule has 0 aliphatic carbocycles. The molecule has 8 heteroatoms. The van der Waals surface area contributed by atoms with Crippen molar-refractivity contribution in [3.05, 3.63) is 47.6 Å². The van der Waals surface area contributed by atoms with Crippen molar-refractivity contribution in [3.63, 3.8) is 0 Å². The number of alkyl halides is 3. The number of rotatable bonds is 2. The molecule has 0 saturated heterocycles. The van der Waals surface area contributed by atoms with Crippen molar-refractivity contribution in [1.82, 2.24) is 4.57 Å². The Morgan fingerprint density at radius 3 is 2.16 bits per heavy atom. The molecule has 0 spiro atoms. The van der Waals surface area contributed by atoms with Gasteiger partial charge in [-0.15, -0.1) is 0 Å². The van der Waals surface area contributed by atoms with Crippen molar-refractivity contribution < 1.29 is 21.6 Å². The molecule has 0 atom stereocenters. The minimum absolute atomic E-state index is 0.275. The molecule has 102 valence electrons. The van der Waals surface area contributed by atoms with E-state index in [2.05, 4.69) is 0 Å². The van der Waals surface area contributed by atoms with Crippen LogP contribution < -0.4 is 0 Å². The quantitative estimate of drug-likeness (QED) is 0.852. The van der Waals surface area contributed by atoms with Gasteiger partial charge in [0.05, 0.1) is 0 Å². The molecule has 0 aliphatic heterocycles. The van der Waals surface area contributed by atoms with Gasteiger partial charge in [-0.25, -0.2) is 8.42 Å². The molecule has 0 saturated carbocycles. The van der Waals surface area contributed by atoms with Gasteiger partial charge in [0.25, 0.3) is 9.84 Å². The summed E-state index contributed by atoms with van der Waals surface area (Å²) in [5.74, 6) is 0. The minimum atomic E-state index is -5.39. The van der Waals surface area contributed by atoms with Crippen LogP contribution in [0.3, 0.4) is 0 Å². The first-order valence-corrected chi connectivity index (χ1v) is 6.84. The summed E-state index contributed by atoms with van der Waals surface area (Å²) in [7, 11) is -5.39. The fourth-order valence-corrected chi connectivity index (χ4v) is 2.56. The number of benzene rings is 1. The van der Waals surface area contributed by atoms with Gasteiger partial charge in [0.15, 0.2) is 0 Å². The lowest BCUT2D eigenvalue weighted by atomic mass is 10.3. The minimum Gasteiger partial charge on any atom is -0.307 e. The van der Waals surface area contributed by atoms with Crippen LogP contribution in [-0.2, 0) is 9.84 Å². The lowest BCUT2D eigenvalue weighted by Crippen LogP contribution is -2.25. The Labute approximate surface area is 112 Å². The fourth-order valence-electron chi connectivity index (χ4n) is 1.52. The second-order valence-electron chi connectivity index (χ2n) is 3.64. The van der Waals surface area contributed by atoms with Crippen LogP contribution >= 0.6 is 11.6 Å². The van der Waals surface area contributed by atoms with Crippen LogP contribution in [0.15, 0.2) is 47.6 Å². The normalized spacial score (nSPS) is 12.6. The highest BCUT2D eigenvalue weighted by Gasteiger charge is 2.48. The molecule has 3 nitrogen and oxygen atoms in total. The van der Waals surface area contributed by atoms with Gasteiger partial charge in [-0.05, 0) is 36.4 Å². The Hall–Kier alpha value is -1.47. The molecule has 0 bridgehead atoms. The van der Waals surface area contributed by atoms with Crippen molar-refractivity contribution in [3.8, 4) is 5.69 Å². The molecule has 0 unspecified atom stereocenters. The fraction of sp³-hybridized carbons (Fsp3) is 0.0909. The second kappa shape index (κ2) is 4.57. The van der Waals surface area contributed by atoms with Crippen molar-refractivity contribution in [2.24, 2.45) is 0 Å². The predicted octanol–water partition coefficient (Wildman–Crippen LogP) is 3.42. The summed E-state index contributed by atoms with van der Waals surface area (Å²) in [6.45, 7) is 0. The maximum absolute atomic E-state index is 12.5. The lowest BCUT2D eigenvalue weighted by molar-refractivity contribution is -0.0438. The number of hydrogen-bond acceptors (Lipinski definition) is 2. The van der Waals surface area contributed by atoms with Gasteiger partial charge in [-0.1, -0.05) is 11.6 Å². The van der Waals surface area contributed by atoms with Crippen molar-refractivity contribution >= 4 is 21.4 Å². The zero-order valence-electron chi connectivity index (χ0n) is 9.23. The summed E-state index contributed by atoms with van der Waals surface area (Å²) in [4.78, 5) is 0. The van der Waals surface area contributed by atoms with Crippen LogP contribution in [-0.4, -0.2) is 18.5 Å². The number of hydrogen-bond donors (Lipinski definition) is 0. The number of nitrogens with zero attached hydrogens (tertiary/aromatic N) is 1. The molecule has 0 N–H and O–H groups in total. The van der Waals surface area contributed by atoms with Gasteiger partial charge < -0.3 is 4.57 Å². The zero-order valence-corrected chi connectivity index (χ0v) is 10.8. The average Bonchev–Trinajstić information content (AvgIpc) is 2.78. The highest BCUT2D eigenvalue weighted by Crippen LogP contribution is 2.31. The van der Waals surface area contributed by atoms with Gasteiger partial charge in [0.1, 0.15) is 5.03 Å². The molecule has 0 fully saturated rings. The Morgan fingerprint density at radius 1 is 1.05 bits per heavy atom. The molecular weight excluding hydrogens is 303 g/mol. The molecule has 0 radical (unpaired) electrons. The number of sulfone groups is 1. The summed E-state index contributed by atoms with van der Waals surface area (Å²) in [6, 6.07) is 7.90. The first kappa shape index (κ1) is 14.0. The van der Waals surface area contributed by atoms with Gasteiger partial charge in [-0.2, -0.15) is 13.2 Å². The van der Waals surface area contributed by atoms with E-state index < -0.39 is 20.4 Å². The monoisotopic (exact) mass is 309 g/mol. The van der Waals surface area contributed by atoms with Crippen LogP contribution in [0, 0.1) is 0 Å². The van der Waals surface area contributed by atoms with E-state index in [1.165, 1.54) is 36.5 Å². The molecule has 0 amide bonds. The van der Waals surface area contributed by atoms with Crippen LogP contribution in [0.5, 0.6) is 0 Å². The lowest BCUT2D eigenvalue weighted by Gasteiger charge is -2.12. The molecule has 19 heavy (non-hydrogen) atoms. The predicted molar refractivity (Wildman–Crippen MR) is 64.0 cm³/mol. The molecule has 2 aromatic rings. The van der Waals surface area contributed by atoms with E-state index >= 15 is 0 Å². The van der Waals surface area contributed by atoms with Crippen LogP contribution in [0.2, 0.25) is 5.02 Å². The van der Waals surface area contributed by atoms with Gasteiger partial charge >= 0.3 is 5.51 Å². The van der Waals surface area contributed by atoms with Gasteiger partial charge in [0, 0.05) is 16.9 Å². The average molecular weight is 310 g/mol. The third kappa shape index (κ3) is 2.48. The number of aromatic nitrogens is 1. The molecular formula is C11H7ClF3NO2S. The molecule has 2 rings (SSSR count). The summed E-state index contributed by atoms with van der Waals surface area (Å²) >= 11 is 5.67. The van der Waals surface area contributed by atoms with Gasteiger partial charge in [-0.3, -0.25) is 0 Å².